The van der Waals surface area contributed by atoms with E-state index in [9.17, 15) is 26.3 Å². The molecule has 0 atom stereocenters. The summed E-state index contributed by atoms with van der Waals surface area (Å²) in [4.78, 5) is 0. The molecule has 0 fully saturated rings. The second-order valence-corrected chi connectivity index (χ2v) is 7.65. The Morgan fingerprint density at radius 3 is 1.97 bits per heavy atom. The molecule has 1 heterocycles. The second kappa shape index (κ2) is 9.52. The van der Waals surface area contributed by atoms with Crippen molar-refractivity contribution in [2.24, 2.45) is 0 Å². The number of hydrogen-bond acceptors (Lipinski definition) is 3. The Labute approximate surface area is 214 Å². The van der Waals surface area contributed by atoms with Gasteiger partial charge in [0, 0.05) is 31.2 Å². The minimum absolute atomic E-state index is 0. The topological polar surface area (TPSA) is 35.0 Å². The number of rotatable bonds is 3. The first-order valence-electron chi connectivity index (χ1n) is 10.2. The third kappa shape index (κ3) is 4.79. The van der Waals surface area contributed by atoms with E-state index in [0.29, 0.717) is 22.7 Å². The van der Waals surface area contributed by atoms with Crippen LogP contribution in [-0.2, 0) is 32.5 Å². The number of fused-ring (bicyclic) bond motifs is 2. The van der Waals surface area contributed by atoms with Gasteiger partial charge >= 0.3 is 12.4 Å². The number of alkyl halides is 6. The van der Waals surface area contributed by atoms with Crippen molar-refractivity contribution in [1.29, 1.82) is 0 Å². The number of aromatic nitrogens is 2. The van der Waals surface area contributed by atoms with Gasteiger partial charge in [-0.1, -0.05) is 36.4 Å². The Morgan fingerprint density at radius 1 is 0.694 bits per heavy atom. The molecule has 4 aromatic carbocycles. The quantitative estimate of drug-likeness (QED) is 0.110. The zero-order valence-electron chi connectivity index (χ0n) is 17.9. The zero-order chi connectivity index (χ0) is 24.8. The normalized spacial score (nSPS) is 11.9. The second-order valence-electron chi connectivity index (χ2n) is 7.65. The van der Waals surface area contributed by atoms with Gasteiger partial charge in [-0.2, -0.15) is 31.4 Å². The van der Waals surface area contributed by atoms with Crippen molar-refractivity contribution in [3.05, 3.63) is 96.1 Å². The number of ether oxygens (including phenoxy) is 1. The first-order valence-corrected chi connectivity index (χ1v) is 10.2. The first kappa shape index (κ1) is 25.6. The summed E-state index contributed by atoms with van der Waals surface area (Å²) in [6.07, 6.45) is -10.6. The van der Waals surface area contributed by atoms with Crippen LogP contribution in [-0.4, -0.2) is 10.2 Å². The molecular formula is C26H13F6IrN2O-. The summed E-state index contributed by atoms with van der Waals surface area (Å²) in [6.45, 7) is 0. The van der Waals surface area contributed by atoms with E-state index in [1.54, 1.807) is 48.5 Å². The van der Waals surface area contributed by atoms with E-state index >= 15 is 0 Å². The molecule has 1 aromatic heterocycles. The molecule has 0 saturated heterocycles. The van der Waals surface area contributed by atoms with Crippen LogP contribution >= 0.6 is 0 Å². The molecular weight excluding hydrogens is 663 g/mol. The van der Waals surface area contributed by atoms with E-state index < -0.39 is 29.2 Å². The van der Waals surface area contributed by atoms with Crippen LogP contribution in [0.4, 0.5) is 26.3 Å². The SMILES string of the molecule is FC(F)(F)c1cccc(Oc2nnc(-c3[c-]cccc3)c3cc4ccccc4cc23)c1C(F)(F)F.[Ir]. The molecule has 5 rings (SSSR count). The largest absolute Gasteiger partial charge is 0.436 e. The molecule has 0 bridgehead atoms. The van der Waals surface area contributed by atoms with Crippen molar-refractivity contribution in [1.82, 2.24) is 10.2 Å². The van der Waals surface area contributed by atoms with Gasteiger partial charge in [0.1, 0.15) is 11.3 Å². The molecule has 1 radical (unpaired) electrons. The number of hydrogen-bond donors (Lipinski definition) is 0. The van der Waals surface area contributed by atoms with Crippen LogP contribution in [0.2, 0.25) is 0 Å². The summed E-state index contributed by atoms with van der Waals surface area (Å²) in [5.41, 5.74) is -2.79. The van der Waals surface area contributed by atoms with Crippen molar-refractivity contribution < 1.29 is 51.2 Å². The minimum Gasteiger partial charge on any atom is -0.436 e. The van der Waals surface area contributed by atoms with Gasteiger partial charge in [-0.3, -0.25) is 0 Å². The molecule has 10 heteroatoms. The molecule has 0 saturated carbocycles. The monoisotopic (exact) mass is 676 g/mol. The van der Waals surface area contributed by atoms with Gasteiger partial charge in [-0.25, -0.2) is 0 Å². The molecule has 5 aromatic rings. The molecule has 36 heavy (non-hydrogen) atoms. The minimum atomic E-state index is -5.32. The standard InChI is InChI=1S/C26H13F6N2O.Ir/c27-25(28,29)20-11-6-12-21(22(20)26(30,31)32)35-24-19-14-17-10-5-4-9-16(17)13-18(19)23(33-34-24)15-7-2-1-3-8-15;/h1-7,9-14H;/q-1;. The predicted molar refractivity (Wildman–Crippen MR) is 118 cm³/mol. The average molecular weight is 676 g/mol. The molecule has 0 unspecified atom stereocenters. The van der Waals surface area contributed by atoms with Crippen LogP contribution in [0.25, 0.3) is 32.8 Å². The van der Waals surface area contributed by atoms with Crippen molar-refractivity contribution in [2.75, 3.05) is 0 Å². The third-order valence-corrected chi connectivity index (χ3v) is 5.40. The fraction of sp³-hybridized carbons (Fsp3) is 0.0769. The van der Waals surface area contributed by atoms with Gasteiger partial charge in [0.2, 0.25) is 5.88 Å². The van der Waals surface area contributed by atoms with E-state index in [-0.39, 0.29) is 31.4 Å². The van der Waals surface area contributed by atoms with Crippen molar-refractivity contribution in [3.63, 3.8) is 0 Å². The zero-order valence-corrected chi connectivity index (χ0v) is 20.3. The Bertz CT molecular complexity index is 1550. The summed E-state index contributed by atoms with van der Waals surface area (Å²) in [5.74, 6) is -1.37. The summed E-state index contributed by atoms with van der Waals surface area (Å²) >= 11 is 0. The van der Waals surface area contributed by atoms with Gasteiger partial charge in [0.15, 0.2) is 0 Å². The summed E-state index contributed by atoms with van der Waals surface area (Å²) < 4.78 is 86.7. The molecule has 0 spiro atoms. The van der Waals surface area contributed by atoms with Crippen molar-refractivity contribution in [3.8, 4) is 22.9 Å². The Morgan fingerprint density at radius 2 is 1.36 bits per heavy atom. The third-order valence-electron chi connectivity index (χ3n) is 5.40. The van der Waals surface area contributed by atoms with Crippen molar-refractivity contribution >= 4 is 21.5 Å². The van der Waals surface area contributed by atoms with Crippen LogP contribution < -0.4 is 4.74 Å². The van der Waals surface area contributed by atoms with Gasteiger partial charge in [0.05, 0.1) is 5.56 Å². The molecule has 0 aliphatic carbocycles. The van der Waals surface area contributed by atoms with Crippen LogP contribution in [0.5, 0.6) is 11.6 Å². The Kier molecular flexibility index (Phi) is 6.77. The maximum atomic E-state index is 13.7. The van der Waals surface area contributed by atoms with Gasteiger partial charge in [-0.15, -0.1) is 41.0 Å². The van der Waals surface area contributed by atoms with E-state index in [2.05, 4.69) is 16.3 Å². The summed E-state index contributed by atoms with van der Waals surface area (Å²) in [6, 6.07) is 22.7. The van der Waals surface area contributed by atoms with Gasteiger partial charge in [0.25, 0.3) is 0 Å². The molecule has 3 nitrogen and oxygen atoms in total. The van der Waals surface area contributed by atoms with Gasteiger partial charge < -0.3 is 4.74 Å². The average Bonchev–Trinajstić information content (AvgIpc) is 2.82. The van der Waals surface area contributed by atoms with Gasteiger partial charge in [-0.05, 0) is 34.4 Å². The number of benzene rings is 4. The summed E-state index contributed by atoms with van der Waals surface area (Å²) in [7, 11) is 0. The number of halogens is 6. The first-order chi connectivity index (χ1) is 16.6. The van der Waals surface area contributed by atoms with E-state index in [1.165, 1.54) is 0 Å². The molecule has 0 N–H and O–H groups in total. The molecule has 0 aliphatic rings. The predicted octanol–water partition coefficient (Wildman–Crippen LogP) is 8.08. The Balaban J connectivity index is 0.00000304. The maximum Gasteiger partial charge on any atom is 0.420 e. The van der Waals surface area contributed by atoms with Crippen LogP contribution in [0.3, 0.4) is 0 Å². The van der Waals surface area contributed by atoms with E-state index in [0.717, 1.165) is 22.9 Å². The molecule has 0 aliphatic heterocycles. The molecule has 185 valence electrons. The molecule has 0 amide bonds. The van der Waals surface area contributed by atoms with Crippen molar-refractivity contribution in [2.45, 2.75) is 12.4 Å². The number of nitrogens with zero attached hydrogens (tertiary/aromatic N) is 2. The fourth-order valence-electron chi connectivity index (χ4n) is 3.88. The van der Waals surface area contributed by atoms with Crippen LogP contribution in [0, 0.1) is 6.07 Å². The van der Waals surface area contributed by atoms with Crippen LogP contribution in [0.1, 0.15) is 11.1 Å². The summed E-state index contributed by atoms with van der Waals surface area (Å²) in [5, 5.41) is 10.4. The smallest absolute Gasteiger partial charge is 0.420 e. The fourth-order valence-corrected chi connectivity index (χ4v) is 3.88. The Hall–Kier alpha value is -3.49. The van der Waals surface area contributed by atoms with E-state index in [4.69, 9.17) is 4.74 Å². The van der Waals surface area contributed by atoms with E-state index in [1.807, 2.05) is 12.1 Å². The van der Waals surface area contributed by atoms with Crippen LogP contribution in [0.15, 0.2) is 78.9 Å². The maximum absolute atomic E-state index is 13.7.